The average molecular weight is 375 g/mol. The second kappa shape index (κ2) is 8.46. The number of rotatable bonds is 7. The van der Waals surface area contributed by atoms with E-state index >= 15 is 0 Å². The number of thiazole rings is 1. The maximum atomic E-state index is 12.5. The van der Waals surface area contributed by atoms with Crippen molar-refractivity contribution in [3.05, 3.63) is 68.9 Å². The molecular formula is C18H18N2OS3. The molecule has 0 unspecified atom stereocenters. The van der Waals surface area contributed by atoms with Crippen molar-refractivity contribution in [1.82, 2.24) is 10.3 Å². The highest BCUT2D eigenvalue weighted by Crippen LogP contribution is 2.27. The van der Waals surface area contributed by atoms with Crippen LogP contribution in [0.25, 0.3) is 0 Å². The molecule has 0 spiro atoms. The van der Waals surface area contributed by atoms with Gasteiger partial charge < -0.3 is 5.32 Å². The van der Waals surface area contributed by atoms with Crippen LogP contribution in [0.3, 0.4) is 0 Å². The molecule has 3 nitrogen and oxygen atoms in total. The Bertz CT molecular complexity index is 796. The second-order valence-corrected chi connectivity index (χ2v) is 8.40. The second-order valence-electron chi connectivity index (χ2n) is 5.29. The van der Waals surface area contributed by atoms with Crippen molar-refractivity contribution in [1.29, 1.82) is 0 Å². The highest BCUT2D eigenvalue weighted by atomic mass is 32.2. The number of carbonyl (C=O) groups is 1. The molecular weight excluding hydrogens is 356 g/mol. The van der Waals surface area contributed by atoms with Gasteiger partial charge in [0.2, 0.25) is 0 Å². The molecule has 2 aromatic heterocycles. The zero-order valence-electron chi connectivity index (χ0n) is 13.3. The number of aryl methyl sites for hydroxylation is 1. The molecule has 1 aromatic carbocycles. The predicted octanol–water partition coefficient (Wildman–Crippen LogP) is 4.78. The molecule has 24 heavy (non-hydrogen) atoms. The first kappa shape index (κ1) is 17.2. The topological polar surface area (TPSA) is 42.0 Å². The van der Waals surface area contributed by atoms with E-state index in [9.17, 15) is 4.79 Å². The molecule has 0 radical (unpaired) electrons. The number of hydrogen-bond acceptors (Lipinski definition) is 5. The quantitative estimate of drug-likeness (QED) is 0.605. The van der Waals surface area contributed by atoms with Crippen LogP contribution in [0.1, 0.15) is 26.5 Å². The first-order valence-electron chi connectivity index (χ1n) is 7.66. The lowest BCUT2D eigenvalue weighted by molar-refractivity contribution is 0.0953. The molecule has 2 heterocycles. The molecule has 0 atom stereocenters. The van der Waals surface area contributed by atoms with Gasteiger partial charge in [0.1, 0.15) is 4.34 Å². The summed E-state index contributed by atoms with van der Waals surface area (Å²) in [5.74, 6) is 0.750. The molecule has 1 amide bonds. The number of nitrogens with one attached hydrogen (secondary N) is 1. The fourth-order valence-corrected chi connectivity index (χ4v) is 4.82. The number of amides is 1. The Morgan fingerprint density at radius 2 is 2.08 bits per heavy atom. The summed E-state index contributed by atoms with van der Waals surface area (Å²) in [5.41, 5.74) is 2.84. The van der Waals surface area contributed by atoms with Crippen molar-refractivity contribution < 1.29 is 4.79 Å². The lowest BCUT2D eigenvalue weighted by atomic mass is 10.1. The van der Waals surface area contributed by atoms with Gasteiger partial charge in [-0.3, -0.25) is 4.79 Å². The number of aromatic nitrogens is 1. The van der Waals surface area contributed by atoms with Gasteiger partial charge in [0.25, 0.3) is 5.91 Å². The van der Waals surface area contributed by atoms with Gasteiger partial charge in [-0.1, -0.05) is 36.0 Å². The third-order valence-electron chi connectivity index (χ3n) is 3.45. The Labute approximate surface area is 154 Å². The van der Waals surface area contributed by atoms with E-state index in [1.165, 1.54) is 4.88 Å². The van der Waals surface area contributed by atoms with Crippen LogP contribution < -0.4 is 5.32 Å². The van der Waals surface area contributed by atoms with Gasteiger partial charge in [0.05, 0.1) is 0 Å². The van der Waals surface area contributed by atoms with E-state index in [1.54, 1.807) is 34.4 Å². The van der Waals surface area contributed by atoms with Gasteiger partial charge in [-0.05, 0) is 36.4 Å². The monoisotopic (exact) mass is 374 g/mol. The molecule has 1 N–H and O–H groups in total. The van der Waals surface area contributed by atoms with Crippen LogP contribution in [0.5, 0.6) is 0 Å². The molecule has 0 aliphatic heterocycles. The van der Waals surface area contributed by atoms with Crippen LogP contribution >= 0.6 is 34.4 Å². The zero-order chi connectivity index (χ0) is 16.8. The van der Waals surface area contributed by atoms with Crippen molar-refractivity contribution in [3.63, 3.8) is 0 Å². The number of hydrogen-bond donors (Lipinski definition) is 1. The summed E-state index contributed by atoms with van der Waals surface area (Å²) in [7, 11) is 0. The standard InChI is InChI=1S/C18H18N2OS3/c1-13-11-23-18(20-13)24-12-14-5-2-3-7-16(14)17(21)19-9-8-15-6-4-10-22-15/h2-7,10-11H,8-9,12H2,1H3,(H,19,21). The van der Waals surface area contributed by atoms with Crippen LogP contribution in [0.4, 0.5) is 0 Å². The van der Waals surface area contributed by atoms with E-state index in [0.29, 0.717) is 6.54 Å². The Hall–Kier alpha value is -1.63. The summed E-state index contributed by atoms with van der Waals surface area (Å²) in [6.07, 6.45) is 0.874. The van der Waals surface area contributed by atoms with Crippen molar-refractivity contribution in [2.45, 2.75) is 23.4 Å². The third-order valence-corrected chi connectivity index (χ3v) is 6.57. The van der Waals surface area contributed by atoms with E-state index < -0.39 is 0 Å². The van der Waals surface area contributed by atoms with Crippen LogP contribution in [-0.2, 0) is 12.2 Å². The van der Waals surface area contributed by atoms with Crippen molar-refractivity contribution in [2.75, 3.05) is 6.54 Å². The van der Waals surface area contributed by atoms with Gasteiger partial charge in [-0.15, -0.1) is 22.7 Å². The van der Waals surface area contributed by atoms with E-state index in [1.807, 2.05) is 42.6 Å². The lowest BCUT2D eigenvalue weighted by Crippen LogP contribution is -2.26. The minimum atomic E-state index is -0.00178. The normalized spacial score (nSPS) is 10.7. The number of nitrogens with zero attached hydrogens (tertiary/aromatic N) is 1. The van der Waals surface area contributed by atoms with E-state index in [-0.39, 0.29) is 5.91 Å². The van der Waals surface area contributed by atoms with Crippen molar-refractivity contribution >= 4 is 40.3 Å². The van der Waals surface area contributed by atoms with Crippen LogP contribution in [-0.4, -0.2) is 17.4 Å². The largest absolute Gasteiger partial charge is 0.352 e. The zero-order valence-corrected chi connectivity index (χ0v) is 15.8. The first-order valence-corrected chi connectivity index (χ1v) is 10.4. The predicted molar refractivity (Wildman–Crippen MR) is 103 cm³/mol. The Balaban J connectivity index is 1.59. The van der Waals surface area contributed by atoms with Gasteiger partial charge in [-0.25, -0.2) is 4.98 Å². The fraction of sp³-hybridized carbons (Fsp3) is 0.222. The van der Waals surface area contributed by atoms with Crippen LogP contribution in [0.2, 0.25) is 0 Å². The fourth-order valence-electron chi connectivity index (χ4n) is 2.26. The summed E-state index contributed by atoms with van der Waals surface area (Å²) in [5, 5.41) is 7.13. The number of thiophene rings is 1. The average Bonchev–Trinajstić information content (AvgIpc) is 3.25. The van der Waals surface area contributed by atoms with Gasteiger partial charge in [0.15, 0.2) is 0 Å². The summed E-state index contributed by atoms with van der Waals surface area (Å²) >= 11 is 5.05. The van der Waals surface area contributed by atoms with Crippen molar-refractivity contribution in [2.24, 2.45) is 0 Å². The van der Waals surface area contributed by atoms with Crippen LogP contribution in [0.15, 0.2) is 51.5 Å². The molecule has 0 aliphatic carbocycles. The minimum absolute atomic E-state index is 0.00178. The third kappa shape index (κ3) is 4.69. The molecule has 0 saturated carbocycles. The molecule has 0 aliphatic rings. The lowest BCUT2D eigenvalue weighted by Gasteiger charge is -2.09. The molecule has 3 rings (SSSR count). The molecule has 0 bridgehead atoms. The maximum absolute atomic E-state index is 12.5. The molecule has 6 heteroatoms. The minimum Gasteiger partial charge on any atom is -0.352 e. The molecule has 124 valence electrons. The summed E-state index contributed by atoms with van der Waals surface area (Å²) in [4.78, 5) is 18.2. The Morgan fingerprint density at radius 1 is 1.21 bits per heavy atom. The Kier molecular flexibility index (Phi) is 6.07. The SMILES string of the molecule is Cc1csc(SCc2ccccc2C(=O)NCCc2cccs2)n1. The number of thioether (sulfide) groups is 1. The smallest absolute Gasteiger partial charge is 0.251 e. The first-order chi connectivity index (χ1) is 11.7. The van der Waals surface area contributed by atoms with E-state index in [0.717, 1.165) is 33.3 Å². The molecule has 3 aromatic rings. The number of benzene rings is 1. The molecule has 0 fully saturated rings. The summed E-state index contributed by atoms with van der Waals surface area (Å²) in [6, 6.07) is 11.9. The van der Waals surface area contributed by atoms with Crippen molar-refractivity contribution in [3.8, 4) is 0 Å². The summed E-state index contributed by atoms with van der Waals surface area (Å²) in [6.45, 7) is 2.65. The van der Waals surface area contributed by atoms with E-state index in [2.05, 4.69) is 21.7 Å². The Morgan fingerprint density at radius 3 is 2.83 bits per heavy atom. The summed E-state index contributed by atoms with van der Waals surface area (Å²) < 4.78 is 1.04. The van der Waals surface area contributed by atoms with Gasteiger partial charge >= 0.3 is 0 Å². The van der Waals surface area contributed by atoms with Gasteiger partial charge in [0, 0.05) is 33.8 Å². The number of carbonyl (C=O) groups excluding carboxylic acids is 1. The van der Waals surface area contributed by atoms with Crippen LogP contribution in [0, 0.1) is 6.92 Å². The van der Waals surface area contributed by atoms with E-state index in [4.69, 9.17) is 0 Å². The maximum Gasteiger partial charge on any atom is 0.251 e. The highest BCUT2D eigenvalue weighted by molar-refractivity contribution is 8.00. The molecule has 0 saturated heterocycles. The van der Waals surface area contributed by atoms with Gasteiger partial charge in [-0.2, -0.15) is 0 Å². The highest BCUT2D eigenvalue weighted by Gasteiger charge is 2.11.